The van der Waals surface area contributed by atoms with E-state index in [-0.39, 0.29) is 16.2 Å². The second-order valence-electron chi connectivity index (χ2n) is 7.33. The number of nitrogens with zero attached hydrogens (tertiary/aromatic N) is 3. The first kappa shape index (κ1) is 24.8. The van der Waals surface area contributed by atoms with Gasteiger partial charge >= 0.3 is 0 Å². The van der Waals surface area contributed by atoms with Crippen LogP contribution in [0.5, 0.6) is 0 Å². The van der Waals surface area contributed by atoms with Gasteiger partial charge in [0.05, 0.1) is 12.8 Å². The summed E-state index contributed by atoms with van der Waals surface area (Å²) in [5.41, 5.74) is -1.55. The second kappa shape index (κ2) is 9.76. The minimum absolute atomic E-state index is 0.107. The zero-order valence-corrected chi connectivity index (χ0v) is 18.3. The van der Waals surface area contributed by atoms with Crippen molar-refractivity contribution < 1.29 is 42.0 Å². The summed E-state index contributed by atoms with van der Waals surface area (Å²) in [4.78, 5) is -0.168. The van der Waals surface area contributed by atoms with Crippen molar-refractivity contribution in [3.05, 3.63) is 64.6 Å². The maximum atomic E-state index is 14.4. The van der Waals surface area contributed by atoms with Crippen LogP contribution in [0.4, 0.5) is 22.0 Å². The summed E-state index contributed by atoms with van der Waals surface area (Å²) in [6.07, 6.45) is -3.23. The molecule has 2 aromatic carbocycles. The molecular weight excluding hydrogens is 509 g/mol. The molecule has 182 valence electrons. The maximum absolute atomic E-state index is 14.4. The van der Waals surface area contributed by atoms with E-state index in [4.69, 9.17) is 16.3 Å². The first-order valence-electron chi connectivity index (χ1n) is 9.61. The molecule has 1 aliphatic heterocycles. The highest BCUT2D eigenvalue weighted by Gasteiger charge is 2.46. The SMILES string of the molecule is OCC1O[C@H](Sc2ccc(F)c(Cl)c2F)[C@@H](O)C(n2cc(-c3cc(F)c(F)c(F)c3)nn2)[C@H]1O. The van der Waals surface area contributed by atoms with Gasteiger partial charge in [-0.05, 0) is 24.3 Å². The van der Waals surface area contributed by atoms with Gasteiger partial charge in [0.25, 0.3) is 0 Å². The Hall–Kier alpha value is -2.29. The summed E-state index contributed by atoms with van der Waals surface area (Å²) in [6, 6.07) is 2.08. The van der Waals surface area contributed by atoms with Crippen molar-refractivity contribution >= 4 is 23.4 Å². The fourth-order valence-electron chi connectivity index (χ4n) is 3.46. The van der Waals surface area contributed by atoms with Gasteiger partial charge in [-0.15, -0.1) is 5.10 Å². The van der Waals surface area contributed by atoms with E-state index in [9.17, 15) is 37.3 Å². The van der Waals surface area contributed by atoms with Crippen LogP contribution in [0.3, 0.4) is 0 Å². The average Bonchev–Trinajstić information content (AvgIpc) is 3.29. The Morgan fingerprint density at radius 1 is 1.00 bits per heavy atom. The van der Waals surface area contributed by atoms with Gasteiger partial charge in [0.1, 0.15) is 46.3 Å². The molecule has 14 heteroatoms. The van der Waals surface area contributed by atoms with Crippen molar-refractivity contribution in [1.29, 1.82) is 0 Å². The molecule has 1 aliphatic rings. The van der Waals surface area contributed by atoms with Gasteiger partial charge < -0.3 is 20.1 Å². The molecule has 2 unspecified atom stereocenters. The lowest BCUT2D eigenvalue weighted by Crippen LogP contribution is -2.55. The molecule has 4 rings (SSSR count). The first-order chi connectivity index (χ1) is 16.1. The van der Waals surface area contributed by atoms with Crippen LogP contribution in [-0.2, 0) is 4.74 Å². The Bertz CT molecular complexity index is 1200. The maximum Gasteiger partial charge on any atom is 0.194 e. The third kappa shape index (κ3) is 4.51. The Morgan fingerprint density at radius 2 is 1.68 bits per heavy atom. The summed E-state index contributed by atoms with van der Waals surface area (Å²) in [5.74, 6) is -6.64. The highest BCUT2D eigenvalue weighted by molar-refractivity contribution is 7.99. The normalized spacial score (nSPS) is 25.0. The molecule has 0 saturated carbocycles. The van der Waals surface area contributed by atoms with E-state index >= 15 is 0 Å². The summed E-state index contributed by atoms with van der Waals surface area (Å²) in [6.45, 7) is -0.690. The number of aliphatic hydroxyl groups is 3. The minimum atomic E-state index is -1.66. The fourth-order valence-corrected chi connectivity index (χ4v) is 4.78. The van der Waals surface area contributed by atoms with E-state index in [2.05, 4.69) is 10.3 Å². The predicted molar refractivity (Wildman–Crippen MR) is 109 cm³/mol. The van der Waals surface area contributed by atoms with E-state index in [1.807, 2.05) is 0 Å². The lowest BCUT2D eigenvalue weighted by molar-refractivity contribution is -0.178. The van der Waals surface area contributed by atoms with Crippen molar-refractivity contribution in [1.82, 2.24) is 15.0 Å². The van der Waals surface area contributed by atoms with Crippen LogP contribution in [0, 0.1) is 29.1 Å². The highest BCUT2D eigenvalue weighted by Crippen LogP contribution is 2.40. The molecule has 3 aromatic rings. The summed E-state index contributed by atoms with van der Waals surface area (Å²) in [7, 11) is 0. The van der Waals surface area contributed by atoms with Crippen molar-refractivity contribution in [2.24, 2.45) is 0 Å². The van der Waals surface area contributed by atoms with Gasteiger partial charge in [-0.3, -0.25) is 0 Å². The number of hydrogen-bond acceptors (Lipinski definition) is 7. The van der Waals surface area contributed by atoms with Gasteiger partial charge in [-0.25, -0.2) is 26.6 Å². The second-order valence-corrected chi connectivity index (χ2v) is 8.84. The van der Waals surface area contributed by atoms with E-state index in [1.54, 1.807) is 0 Å². The molecule has 3 N–H and O–H groups in total. The Balaban J connectivity index is 1.65. The van der Waals surface area contributed by atoms with Crippen LogP contribution in [0.2, 0.25) is 5.02 Å². The van der Waals surface area contributed by atoms with Crippen LogP contribution >= 0.6 is 23.4 Å². The quantitative estimate of drug-likeness (QED) is 0.349. The molecular formula is C20H15ClF5N3O4S. The predicted octanol–water partition coefficient (Wildman–Crippen LogP) is 3.07. The van der Waals surface area contributed by atoms with Crippen LogP contribution in [-0.4, -0.2) is 60.7 Å². The number of thioether (sulfide) groups is 1. The van der Waals surface area contributed by atoms with Crippen LogP contribution in [0.1, 0.15) is 6.04 Å². The van der Waals surface area contributed by atoms with Crippen molar-refractivity contribution in [3.8, 4) is 11.3 Å². The van der Waals surface area contributed by atoms with Crippen LogP contribution in [0.15, 0.2) is 35.4 Å². The number of benzene rings is 2. The van der Waals surface area contributed by atoms with E-state index in [0.29, 0.717) is 23.9 Å². The largest absolute Gasteiger partial charge is 0.394 e. The van der Waals surface area contributed by atoms with Crippen LogP contribution < -0.4 is 0 Å². The highest BCUT2D eigenvalue weighted by atomic mass is 35.5. The van der Waals surface area contributed by atoms with Crippen molar-refractivity contribution in [2.75, 3.05) is 6.61 Å². The third-order valence-electron chi connectivity index (χ3n) is 5.19. The number of rotatable bonds is 5. The van der Waals surface area contributed by atoms with Crippen LogP contribution in [0.25, 0.3) is 11.3 Å². The molecule has 7 nitrogen and oxygen atoms in total. The lowest BCUT2D eigenvalue weighted by Gasteiger charge is -2.41. The standard InChI is InChI=1S/C20H15ClF5N3O4S/c21-14-8(22)1-2-13(16(14)26)34-20-19(32)17(18(31)12(6-30)33-20)29-5-11(27-28-29)7-3-9(23)15(25)10(24)4-7/h1-5,12,17-20,30-32H,6H2/t12?,17?,18-,19-,20+/m0/s1. The molecule has 1 aromatic heterocycles. The molecule has 2 heterocycles. The average molecular weight is 524 g/mol. The van der Waals surface area contributed by atoms with E-state index < -0.39 is 70.5 Å². The molecule has 0 radical (unpaired) electrons. The van der Waals surface area contributed by atoms with Gasteiger partial charge in [0.15, 0.2) is 23.3 Å². The van der Waals surface area contributed by atoms with E-state index in [0.717, 1.165) is 23.0 Å². The zero-order valence-electron chi connectivity index (χ0n) is 16.7. The number of aliphatic hydroxyl groups excluding tert-OH is 3. The smallest absolute Gasteiger partial charge is 0.194 e. The molecule has 0 amide bonds. The summed E-state index contributed by atoms with van der Waals surface area (Å²) in [5, 5.41) is 37.9. The number of ether oxygens (including phenoxy) is 1. The molecule has 34 heavy (non-hydrogen) atoms. The Kier molecular flexibility index (Phi) is 7.12. The first-order valence-corrected chi connectivity index (χ1v) is 10.9. The van der Waals surface area contributed by atoms with Gasteiger partial charge in [0, 0.05) is 10.5 Å². The molecule has 1 saturated heterocycles. The molecule has 1 fully saturated rings. The van der Waals surface area contributed by atoms with Gasteiger partial charge in [-0.2, -0.15) is 0 Å². The third-order valence-corrected chi connectivity index (χ3v) is 6.72. The molecule has 5 atom stereocenters. The van der Waals surface area contributed by atoms with Crippen molar-refractivity contribution in [2.45, 2.75) is 34.7 Å². The number of aromatic nitrogens is 3. The lowest BCUT2D eigenvalue weighted by atomic mass is 9.97. The van der Waals surface area contributed by atoms with Crippen molar-refractivity contribution in [3.63, 3.8) is 0 Å². The number of halogens is 6. The zero-order chi connectivity index (χ0) is 24.7. The topological polar surface area (TPSA) is 101 Å². The summed E-state index contributed by atoms with van der Waals surface area (Å²) < 4.78 is 74.7. The van der Waals surface area contributed by atoms with E-state index in [1.165, 1.54) is 0 Å². The summed E-state index contributed by atoms with van der Waals surface area (Å²) >= 11 is 6.22. The number of hydrogen-bond donors (Lipinski definition) is 3. The Morgan fingerprint density at radius 3 is 2.32 bits per heavy atom. The minimum Gasteiger partial charge on any atom is -0.394 e. The Labute approximate surface area is 197 Å². The monoisotopic (exact) mass is 523 g/mol. The van der Waals surface area contributed by atoms with Gasteiger partial charge in [0.2, 0.25) is 0 Å². The fraction of sp³-hybridized carbons (Fsp3) is 0.300. The molecule has 0 spiro atoms. The van der Waals surface area contributed by atoms with Gasteiger partial charge in [-0.1, -0.05) is 28.6 Å². The molecule has 0 bridgehead atoms. The molecule has 0 aliphatic carbocycles.